The number of aromatic hydroxyl groups is 1. The Kier molecular flexibility index (Phi) is 5.45. The molecule has 1 aromatic carbocycles. The fourth-order valence-corrected chi connectivity index (χ4v) is 5.06. The molecule has 2 aliphatic rings. The predicted octanol–water partition coefficient (Wildman–Crippen LogP) is 4.77. The SMILES string of the molecule is Br.Oc1cccc2c1CC[C@H]1[C@H]2CCCN1CCc1cccs1. The first kappa shape index (κ1) is 17.0. The van der Waals surface area contributed by atoms with Gasteiger partial charge in [0, 0.05) is 17.5 Å². The molecular formula is C19H24BrNOS. The van der Waals surface area contributed by atoms with E-state index in [9.17, 15) is 5.11 Å². The van der Waals surface area contributed by atoms with Crippen LogP contribution in [0.5, 0.6) is 5.75 Å². The Balaban J connectivity index is 0.00000156. The van der Waals surface area contributed by atoms with Crippen LogP contribution in [0.1, 0.15) is 41.2 Å². The first-order valence-corrected chi connectivity index (χ1v) is 9.28. The quantitative estimate of drug-likeness (QED) is 0.811. The summed E-state index contributed by atoms with van der Waals surface area (Å²) in [5, 5.41) is 12.3. The molecule has 0 spiro atoms. The lowest BCUT2D eigenvalue weighted by atomic mass is 9.74. The molecule has 1 aromatic heterocycles. The average molecular weight is 394 g/mol. The Bertz CT molecular complexity index is 643. The minimum atomic E-state index is 0. The number of likely N-dealkylation sites (tertiary alicyclic amines) is 1. The van der Waals surface area contributed by atoms with Gasteiger partial charge >= 0.3 is 0 Å². The molecule has 0 amide bonds. The summed E-state index contributed by atoms with van der Waals surface area (Å²) in [7, 11) is 0. The maximum absolute atomic E-state index is 10.1. The normalized spacial score (nSPS) is 23.7. The van der Waals surface area contributed by atoms with Crippen LogP contribution in [-0.4, -0.2) is 29.1 Å². The fourth-order valence-electron chi connectivity index (χ4n) is 4.36. The summed E-state index contributed by atoms with van der Waals surface area (Å²) in [6.07, 6.45) is 5.95. The number of hydrogen-bond donors (Lipinski definition) is 1. The Hall–Kier alpha value is -0.840. The van der Waals surface area contributed by atoms with Crippen LogP contribution >= 0.6 is 28.3 Å². The van der Waals surface area contributed by atoms with Crippen LogP contribution in [0.3, 0.4) is 0 Å². The van der Waals surface area contributed by atoms with Crippen molar-refractivity contribution in [3.8, 4) is 5.75 Å². The lowest BCUT2D eigenvalue weighted by Gasteiger charge is -2.45. The molecule has 124 valence electrons. The molecule has 4 heteroatoms. The van der Waals surface area contributed by atoms with Crippen molar-refractivity contribution in [1.82, 2.24) is 4.90 Å². The molecule has 0 unspecified atom stereocenters. The van der Waals surface area contributed by atoms with Crippen LogP contribution in [0.4, 0.5) is 0 Å². The first-order valence-electron chi connectivity index (χ1n) is 8.40. The molecule has 1 saturated heterocycles. The second-order valence-corrected chi connectivity index (χ2v) is 7.60. The van der Waals surface area contributed by atoms with Crippen molar-refractivity contribution < 1.29 is 5.11 Å². The van der Waals surface area contributed by atoms with Crippen molar-refractivity contribution in [2.75, 3.05) is 13.1 Å². The molecule has 1 aliphatic carbocycles. The van der Waals surface area contributed by atoms with E-state index in [0.29, 0.717) is 17.7 Å². The second-order valence-electron chi connectivity index (χ2n) is 6.56. The van der Waals surface area contributed by atoms with Gasteiger partial charge in [0.15, 0.2) is 0 Å². The van der Waals surface area contributed by atoms with Gasteiger partial charge in [-0.3, -0.25) is 4.90 Å². The van der Waals surface area contributed by atoms with E-state index in [-0.39, 0.29) is 17.0 Å². The third-order valence-corrected chi connectivity index (χ3v) is 6.33. The molecule has 4 rings (SSSR count). The second kappa shape index (κ2) is 7.37. The lowest BCUT2D eigenvalue weighted by Crippen LogP contribution is -2.47. The molecule has 1 aliphatic heterocycles. The van der Waals surface area contributed by atoms with Gasteiger partial charge < -0.3 is 5.11 Å². The van der Waals surface area contributed by atoms with Gasteiger partial charge in [0.25, 0.3) is 0 Å². The molecule has 0 radical (unpaired) electrons. The van der Waals surface area contributed by atoms with E-state index in [1.54, 1.807) is 0 Å². The van der Waals surface area contributed by atoms with E-state index in [1.807, 2.05) is 23.5 Å². The summed E-state index contributed by atoms with van der Waals surface area (Å²) >= 11 is 1.87. The smallest absolute Gasteiger partial charge is 0.119 e. The molecule has 0 bridgehead atoms. The summed E-state index contributed by atoms with van der Waals surface area (Å²) in [6.45, 7) is 2.41. The van der Waals surface area contributed by atoms with Crippen LogP contribution in [0.25, 0.3) is 0 Å². The third kappa shape index (κ3) is 3.35. The van der Waals surface area contributed by atoms with Crippen molar-refractivity contribution in [2.45, 2.75) is 44.1 Å². The van der Waals surface area contributed by atoms with Crippen molar-refractivity contribution in [2.24, 2.45) is 0 Å². The molecule has 2 heterocycles. The van der Waals surface area contributed by atoms with E-state index < -0.39 is 0 Å². The number of thiophene rings is 1. The van der Waals surface area contributed by atoms with Gasteiger partial charge in [0.1, 0.15) is 5.75 Å². The molecule has 2 atom stereocenters. The van der Waals surface area contributed by atoms with Crippen LogP contribution < -0.4 is 0 Å². The minimum Gasteiger partial charge on any atom is -0.508 e. The van der Waals surface area contributed by atoms with Gasteiger partial charge in [0.2, 0.25) is 0 Å². The molecule has 1 fully saturated rings. The first-order chi connectivity index (χ1) is 10.8. The highest BCUT2D eigenvalue weighted by molar-refractivity contribution is 8.93. The average Bonchev–Trinajstić information content (AvgIpc) is 3.06. The third-order valence-electron chi connectivity index (χ3n) is 5.40. The van der Waals surface area contributed by atoms with E-state index in [4.69, 9.17) is 0 Å². The van der Waals surface area contributed by atoms with Crippen molar-refractivity contribution in [1.29, 1.82) is 0 Å². The van der Waals surface area contributed by atoms with Gasteiger partial charge in [0.05, 0.1) is 0 Å². The number of rotatable bonds is 3. The minimum absolute atomic E-state index is 0. The molecule has 2 nitrogen and oxygen atoms in total. The Morgan fingerprint density at radius 3 is 2.91 bits per heavy atom. The highest BCUT2D eigenvalue weighted by Crippen LogP contribution is 2.43. The number of phenolic OH excluding ortho intramolecular Hbond substituents is 1. The fraction of sp³-hybridized carbons (Fsp3) is 0.474. The van der Waals surface area contributed by atoms with Gasteiger partial charge in [-0.15, -0.1) is 28.3 Å². The van der Waals surface area contributed by atoms with Gasteiger partial charge in [-0.1, -0.05) is 18.2 Å². The maximum atomic E-state index is 10.1. The zero-order valence-electron chi connectivity index (χ0n) is 13.3. The summed E-state index contributed by atoms with van der Waals surface area (Å²) in [5.41, 5.74) is 2.63. The largest absolute Gasteiger partial charge is 0.508 e. The Morgan fingerprint density at radius 1 is 1.17 bits per heavy atom. The monoisotopic (exact) mass is 393 g/mol. The Morgan fingerprint density at radius 2 is 2.09 bits per heavy atom. The number of fused-ring (bicyclic) bond motifs is 3. The highest BCUT2D eigenvalue weighted by Gasteiger charge is 2.36. The van der Waals surface area contributed by atoms with Crippen LogP contribution in [0, 0.1) is 0 Å². The van der Waals surface area contributed by atoms with E-state index in [1.165, 1.54) is 54.8 Å². The van der Waals surface area contributed by atoms with Crippen molar-refractivity contribution in [3.05, 3.63) is 51.7 Å². The van der Waals surface area contributed by atoms with Crippen molar-refractivity contribution >= 4 is 28.3 Å². The Labute approximate surface area is 152 Å². The topological polar surface area (TPSA) is 23.5 Å². The summed E-state index contributed by atoms with van der Waals surface area (Å²) in [4.78, 5) is 4.21. The molecular weight excluding hydrogens is 370 g/mol. The predicted molar refractivity (Wildman–Crippen MR) is 102 cm³/mol. The molecule has 1 N–H and O–H groups in total. The zero-order chi connectivity index (χ0) is 14.9. The maximum Gasteiger partial charge on any atom is 0.119 e. The summed E-state index contributed by atoms with van der Waals surface area (Å²) < 4.78 is 0. The number of hydrogen-bond acceptors (Lipinski definition) is 3. The van der Waals surface area contributed by atoms with Gasteiger partial charge in [-0.2, -0.15) is 0 Å². The lowest BCUT2D eigenvalue weighted by molar-refractivity contribution is 0.113. The van der Waals surface area contributed by atoms with Gasteiger partial charge in [-0.25, -0.2) is 0 Å². The van der Waals surface area contributed by atoms with Gasteiger partial charge in [-0.05, 0) is 73.2 Å². The number of piperidine rings is 1. The number of halogens is 1. The molecule has 0 saturated carbocycles. The summed E-state index contributed by atoms with van der Waals surface area (Å²) in [5.74, 6) is 1.12. The number of nitrogens with zero attached hydrogens (tertiary/aromatic N) is 1. The standard InChI is InChI=1S/C19H23NOS.BrH/c21-19-7-1-5-15-16-6-2-11-20(18(16)9-8-17(15)19)12-10-14-4-3-13-22-14;/h1,3-5,7,13,16,18,21H,2,6,8-12H2;1H/t16-,18-;/m0./s1. The van der Waals surface area contributed by atoms with Crippen molar-refractivity contribution in [3.63, 3.8) is 0 Å². The van der Waals surface area contributed by atoms with Crippen LogP contribution in [-0.2, 0) is 12.8 Å². The summed E-state index contributed by atoms with van der Waals surface area (Å²) in [6, 6.07) is 11.2. The van der Waals surface area contributed by atoms with Crippen LogP contribution in [0.2, 0.25) is 0 Å². The van der Waals surface area contributed by atoms with E-state index in [0.717, 1.165) is 6.42 Å². The molecule has 2 aromatic rings. The van der Waals surface area contributed by atoms with E-state index >= 15 is 0 Å². The van der Waals surface area contributed by atoms with E-state index in [2.05, 4.69) is 28.5 Å². The zero-order valence-corrected chi connectivity index (χ0v) is 15.8. The highest BCUT2D eigenvalue weighted by atomic mass is 79.9. The molecule has 23 heavy (non-hydrogen) atoms. The number of benzene rings is 1. The van der Waals surface area contributed by atoms with Crippen LogP contribution in [0.15, 0.2) is 35.7 Å². The number of phenols is 1.